The van der Waals surface area contributed by atoms with E-state index >= 15 is 0 Å². The molecule has 3 atom stereocenters. The molecule has 0 amide bonds. The van der Waals surface area contributed by atoms with Crippen molar-refractivity contribution in [3.63, 3.8) is 0 Å². The third-order valence-corrected chi connectivity index (χ3v) is 5.15. The van der Waals surface area contributed by atoms with Gasteiger partial charge in [0, 0.05) is 12.8 Å². The van der Waals surface area contributed by atoms with E-state index in [0.717, 1.165) is 12.8 Å². The van der Waals surface area contributed by atoms with E-state index in [9.17, 15) is 4.79 Å². The first-order valence-electron chi connectivity index (χ1n) is 9.23. The third-order valence-electron chi connectivity index (χ3n) is 5.15. The van der Waals surface area contributed by atoms with Crippen LogP contribution in [0.15, 0.2) is 23.8 Å². The minimum absolute atomic E-state index is 0.0590. The number of likely N-dealkylation sites (N-methyl/N-ethyl adjacent to an activating group) is 1. The van der Waals surface area contributed by atoms with Crippen molar-refractivity contribution in [1.29, 1.82) is 0 Å². The summed E-state index contributed by atoms with van der Waals surface area (Å²) in [6.45, 7) is 10.9. The first-order chi connectivity index (χ1) is 10.8. The fourth-order valence-corrected chi connectivity index (χ4v) is 3.35. The average molecular weight is 319 g/mol. The second kappa shape index (κ2) is 9.42. The highest BCUT2D eigenvalue weighted by Crippen LogP contribution is 2.35. The maximum absolute atomic E-state index is 11.8. The van der Waals surface area contributed by atoms with Crippen molar-refractivity contribution in [3.05, 3.63) is 29.1 Å². The molecule has 0 unspecified atom stereocenters. The highest BCUT2D eigenvalue weighted by molar-refractivity contribution is 5.80. The van der Waals surface area contributed by atoms with Gasteiger partial charge in [0.2, 0.25) is 0 Å². The molecule has 0 aromatic carbocycles. The molecule has 1 aliphatic carbocycles. The third kappa shape index (κ3) is 7.48. The summed E-state index contributed by atoms with van der Waals surface area (Å²) in [4.78, 5) is 11.8. The molecule has 1 rings (SSSR count). The van der Waals surface area contributed by atoms with E-state index in [1.807, 2.05) is 7.05 Å². The van der Waals surface area contributed by atoms with E-state index < -0.39 is 0 Å². The minimum Gasteiger partial charge on any atom is -0.656 e. The Balaban J connectivity index is 2.36. The van der Waals surface area contributed by atoms with Crippen molar-refractivity contribution in [2.24, 2.45) is 17.8 Å². The van der Waals surface area contributed by atoms with Gasteiger partial charge in [0.1, 0.15) is 5.78 Å². The lowest BCUT2D eigenvalue weighted by molar-refractivity contribution is -0.119. The zero-order valence-electron chi connectivity index (χ0n) is 16.1. The lowest BCUT2D eigenvalue weighted by atomic mass is 9.77. The molecular weight excluding hydrogens is 282 g/mol. The van der Waals surface area contributed by atoms with Gasteiger partial charge in [-0.15, -0.1) is 11.6 Å². The van der Waals surface area contributed by atoms with Gasteiger partial charge in [0.15, 0.2) is 0 Å². The van der Waals surface area contributed by atoms with Gasteiger partial charge in [-0.3, -0.25) is 4.79 Å². The molecule has 1 aliphatic rings. The van der Waals surface area contributed by atoms with Gasteiger partial charge in [-0.1, -0.05) is 51.8 Å². The molecule has 2 heteroatoms. The van der Waals surface area contributed by atoms with Crippen molar-refractivity contribution in [2.75, 3.05) is 7.05 Å². The van der Waals surface area contributed by atoms with Crippen molar-refractivity contribution in [2.45, 2.75) is 78.7 Å². The van der Waals surface area contributed by atoms with Gasteiger partial charge in [0.05, 0.1) is 0 Å². The Morgan fingerprint density at radius 2 is 2.09 bits per heavy atom. The Labute approximate surface area is 143 Å². The number of ketones is 1. The number of hydrogen-bond donors (Lipinski definition) is 0. The highest BCUT2D eigenvalue weighted by Gasteiger charge is 2.21. The lowest BCUT2D eigenvalue weighted by Gasteiger charge is -2.43. The molecule has 0 saturated heterocycles. The second-order valence-corrected chi connectivity index (χ2v) is 8.06. The molecule has 0 spiro atoms. The smallest absolute Gasteiger partial charge is 0.137 e. The van der Waals surface area contributed by atoms with E-state index in [2.05, 4.69) is 58.2 Å². The fourth-order valence-electron chi connectivity index (χ4n) is 3.35. The van der Waals surface area contributed by atoms with Crippen LogP contribution in [0.3, 0.4) is 0 Å². The van der Waals surface area contributed by atoms with Crippen molar-refractivity contribution >= 4 is 5.78 Å². The summed E-state index contributed by atoms with van der Waals surface area (Å²) < 4.78 is 0. The van der Waals surface area contributed by atoms with E-state index in [-0.39, 0.29) is 5.54 Å². The average Bonchev–Trinajstić information content (AvgIpc) is 2.46. The number of nitrogens with zero attached hydrogens (tertiary/aromatic N) is 1. The summed E-state index contributed by atoms with van der Waals surface area (Å²) in [5.74, 6) is 2.22. The van der Waals surface area contributed by atoms with Crippen LogP contribution in [0.25, 0.3) is 5.32 Å². The summed E-state index contributed by atoms with van der Waals surface area (Å²) in [6.07, 6.45) is 13.0. The number of Topliss-reactive ketones (excluding diaryl/α,β-unsaturated/α-hetero) is 1. The molecule has 0 aromatic rings. The Bertz CT molecular complexity index is 435. The molecule has 132 valence electrons. The molecule has 0 saturated carbocycles. The summed E-state index contributed by atoms with van der Waals surface area (Å²) in [5.41, 5.74) is 1.29. The molecular formula is C21H36NO-. The molecule has 0 aliphatic heterocycles. The zero-order chi connectivity index (χ0) is 17.5. The van der Waals surface area contributed by atoms with E-state index in [4.69, 9.17) is 0 Å². The van der Waals surface area contributed by atoms with Crippen LogP contribution in [0.4, 0.5) is 0 Å². The van der Waals surface area contributed by atoms with Gasteiger partial charge in [-0.25, -0.2) is 0 Å². The van der Waals surface area contributed by atoms with Crippen LogP contribution < -0.4 is 0 Å². The first kappa shape index (κ1) is 20.2. The summed E-state index contributed by atoms with van der Waals surface area (Å²) in [5, 5.41) is 4.48. The van der Waals surface area contributed by atoms with Gasteiger partial charge < -0.3 is 5.32 Å². The van der Waals surface area contributed by atoms with Crippen LogP contribution in [0.2, 0.25) is 0 Å². The number of allylic oxidation sites excluding steroid dienone is 3. The molecule has 0 N–H and O–H groups in total. The minimum atomic E-state index is 0.0590. The Morgan fingerprint density at radius 3 is 2.61 bits per heavy atom. The molecule has 0 radical (unpaired) electrons. The second-order valence-electron chi connectivity index (χ2n) is 8.06. The van der Waals surface area contributed by atoms with E-state index in [1.54, 1.807) is 0 Å². The zero-order valence-corrected chi connectivity index (χ0v) is 16.1. The fraction of sp³-hybridized carbons (Fsp3) is 0.762. The van der Waals surface area contributed by atoms with Gasteiger partial charge in [-0.05, 0) is 43.9 Å². The number of carbonyl (C=O) groups is 1. The number of hydrogen-bond acceptors (Lipinski definition) is 1. The summed E-state index contributed by atoms with van der Waals surface area (Å²) in [6, 6.07) is 0. The Morgan fingerprint density at radius 1 is 1.39 bits per heavy atom. The van der Waals surface area contributed by atoms with Crippen LogP contribution in [0.5, 0.6) is 0 Å². The maximum Gasteiger partial charge on any atom is 0.137 e. The van der Waals surface area contributed by atoms with Crippen LogP contribution in [0.1, 0.15) is 73.1 Å². The van der Waals surface area contributed by atoms with Crippen LogP contribution in [-0.2, 0) is 4.79 Å². The largest absolute Gasteiger partial charge is 0.656 e. The van der Waals surface area contributed by atoms with Crippen LogP contribution in [-0.4, -0.2) is 18.4 Å². The van der Waals surface area contributed by atoms with Crippen LogP contribution in [0, 0.1) is 17.8 Å². The van der Waals surface area contributed by atoms with Crippen LogP contribution >= 0.6 is 0 Å². The van der Waals surface area contributed by atoms with Crippen molar-refractivity contribution < 1.29 is 4.79 Å². The summed E-state index contributed by atoms with van der Waals surface area (Å²) in [7, 11) is 1.92. The quantitative estimate of drug-likeness (QED) is 0.474. The van der Waals surface area contributed by atoms with E-state index in [1.165, 1.54) is 18.4 Å². The monoisotopic (exact) mass is 318 g/mol. The molecule has 0 aromatic heterocycles. The normalized spacial score (nSPS) is 26.6. The molecule has 0 bridgehead atoms. The van der Waals surface area contributed by atoms with Gasteiger partial charge >= 0.3 is 0 Å². The number of rotatable bonds is 9. The predicted octanol–water partition coefficient (Wildman–Crippen LogP) is 6.08. The predicted molar refractivity (Wildman–Crippen MR) is 101 cm³/mol. The van der Waals surface area contributed by atoms with Crippen molar-refractivity contribution in [1.82, 2.24) is 0 Å². The lowest BCUT2D eigenvalue weighted by Crippen LogP contribution is -2.26. The molecule has 0 fully saturated rings. The van der Waals surface area contributed by atoms with E-state index in [0.29, 0.717) is 36.4 Å². The van der Waals surface area contributed by atoms with Crippen molar-refractivity contribution in [3.8, 4) is 0 Å². The number of carbonyl (C=O) groups excluding carboxylic acids is 1. The Hall–Kier alpha value is -0.890. The first-order valence-corrected chi connectivity index (χ1v) is 9.23. The van der Waals surface area contributed by atoms with Gasteiger partial charge in [-0.2, -0.15) is 7.05 Å². The SMILES string of the molecule is C[N-][C@@]1(C)C=C[C@H]([C@H](C)CC/C=C(\C)CC(=O)CC(C)C)CC1. The molecule has 0 heterocycles. The topological polar surface area (TPSA) is 31.2 Å². The highest BCUT2D eigenvalue weighted by atomic mass is 16.1. The van der Waals surface area contributed by atoms with Gasteiger partial charge in [0.25, 0.3) is 0 Å². The Kier molecular flexibility index (Phi) is 8.25. The molecule has 2 nitrogen and oxygen atoms in total. The maximum atomic E-state index is 11.8. The summed E-state index contributed by atoms with van der Waals surface area (Å²) >= 11 is 0. The standard InChI is InChI=1S/C21H36NO/c1-16(2)14-20(23)15-17(3)8-7-9-18(4)19-10-12-21(5,22-6)13-11-19/h8,10,12,16,18-19H,7,9,11,13-15H2,1-6H3/q-1/b17-8+/t18-,19+,21+/m1/s1. The molecule has 23 heavy (non-hydrogen) atoms.